The zero-order chi connectivity index (χ0) is 13.2. The molecule has 0 aliphatic rings. The Morgan fingerprint density at radius 2 is 2.11 bits per heavy atom. The van der Waals surface area contributed by atoms with Crippen molar-refractivity contribution in [2.24, 2.45) is 5.73 Å². The Morgan fingerprint density at radius 1 is 1.33 bits per heavy atom. The molecule has 100 valence electrons. The van der Waals surface area contributed by atoms with E-state index in [1.54, 1.807) is 6.20 Å². The second-order valence-corrected chi connectivity index (χ2v) is 4.50. The maximum absolute atomic E-state index is 11.7. The van der Waals surface area contributed by atoms with Gasteiger partial charge in [0.2, 0.25) is 5.91 Å². The van der Waals surface area contributed by atoms with Crippen LogP contribution in [0.15, 0.2) is 24.4 Å². The highest BCUT2D eigenvalue weighted by Crippen LogP contribution is 2.09. The molecule has 1 atom stereocenters. The van der Waals surface area contributed by atoms with Gasteiger partial charge in [-0.3, -0.25) is 9.78 Å². The van der Waals surface area contributed by atoms with Gasteiger partial charge in [-0.05, 0) is 38.4 Å². The second kappa shape index (κ2) is 8.64. The van der Waals surface area contributed by atoms with Crippen LogP contribution in [0.3, 0.4) is 0 Å². The molecule has 1 aromatic rings. The van der Waals surface area contributed by atoms with Crippen LogP contribution < -0.4 is 11.1 Å². The quantitative estimate of drug-likeness (QED) is 0.694. The molecular weight excluding hydrogens is 226 g/mol. The first kappa shape index (κ1) is 14.6. The number of nitrogens with two attached hydrogens (primary N) is 1. The van der Waals surface area contributed by atoms with Crippen LogP contribution in [0.1, 0.15) is 50.8 Å². The number of nitrogens with one attached hydrogen (secondary N) is 1. The van der Waals surface area contributed by atoms with Crippen molar-refractivity contribution in [2.75, 3.05) is 6.54 Å². The summed E-state index contributed by atoms with van der Waals surface area (Å²) in [4.78, 5) is 15.9. The number of pyridine rings is 1. The molecule has 0 radical (unpaired) electrons. The summed E-state index contributed by atoms with van der Waals surface area (Å²) in [6, 6.07) is 5.70. The van der Waals surface area contributed by atoms with Crippen molar-refractivity contribution in [2.45, 2.75) is 45.1 Å². The van der Waals surface area contributed by atoms with E-state index in [-0.39, 0.29) is 11.9 Å². The number of carbonyl (C=O) groups excluding carboxylic acids is 1. The number of carbonyl (C=O) groups is 1. The van der Waals surface area contributed by atoms with E-state index in [9.17, 15) is 4.79 Å². The molecule has 0 aliphatic carbocycles. The van der Waals surface area contributed by atoms with E-state index in [4.69, 9.17) is 5.73 Å². The Balaban J connectivity index is 2.20. The van der Waals surface area contributed by atoms with Crippen LogP contribution in [0, 0.1) is 0 Å². The predicted octanol–water partition coefficient (Wildman–Crippen LogP) is 2.17. The summed E-state index contributed by atoms with van der Waals surface area (Å²) in [7, 11) is 0. The van der Waals surface area contributed by atoms with Crippen molar-refractivity contribution >= 4 is 5.91 Å². The van der Waals surface area contributed by atoms with E-state index < -0.39 is 0 Å². The van der Waals surface area contributed by atoms with Crippen LogP contribution in [-0.4, -0.2) is 17.4 Å². The van der Waals surface area contributed by atoms with Crippen molar-refractivity contribution in [3.8, 4) is 0 Å². The summed E-state index contributed by atoms with van der Waals surface area (Å²) >= 11 is 0. The fourth-order valence-corrected chi connectivity index (χ4v) is 1.80. The van der Waals surface area contributed by atoms with Gasteiger partial charge in [0, 0.05) is 12.6 Å². The van der Waals surface area contributed by atoms with Crippen LogP contribution >= 0.6 is 0 Å². The fourth-order valence-electron chi connectivity index (χ4n) is 1.80. The molecule has 4 nitrogen and oxygen atoms in total. The third-order valence-corrected chi connectivity index (χ3v) is 2.87. The van der Waals surface area contributed by atoms with Crippen molar-refractivity contribution in [1.82, 2.24) is 10.3 Å². The van der Waals surface area contributed by atoms with Crippen molar-refractivity contribution in [3.63, 3.8) is 0 Å². The van der Waals surface area contributed by atoms with E-state index in [1.165, 1.54) is 0 Å². The van der Waals surface area contributed by atoms with Gasteiger partial charge >= 0.3 is 0 Å². The number of rotatable bonds is 8. The summed E-state index contributed by atoms with van der Waals surface area (Å²) in [5.74, 6) is 0.0981. The average Bonchev–Trinajstić information content (AvgIpc) is 2.39. The lowest BCUT2D eigenvalue weighted by atomic mass is 10.1. The van der Waals surface area contributed by atoms with E-state index in [2.05, 4.69) is 10.3 Å². The summed E-state index contributed by atoms with van der Waals surface area (Å²) < 4.78 is 0. The van der Waals surface area contributed by atoms with Gasteiger partial charge in [-0.15, -0.1) is 0 Å². The zero-order valence-corrected chi connectivity index (χ0v) is 11.1. The molecule has 0 aliphatic heterocycles. The van der Waals surface area contributed by atoms with Crippen molar-refractivity contribution in [1.29, 1.82) is 0 Å². The molecule has 1 rings (SSSR count). The number of hydrogen-bond donors (Lipinski definition) is 2. The number of aromatic nitrogens is 1. The van der Waals surface area contributed by atoms with Crippen molar-refractivity contribution < 1.29 is 4.79 Å². The molecule has 1 heterocycles. The summed E-state index contributed by atoms with van der Waals surface area (Å²) in [5, 5.41) is 2.96. The van der Waals surface area contributed by atoms with Gasteiger partial charge in [-0.1, -0.05) is 18.9 Å². The van der Waals surface area contributed by atoms with E-state index in [0.717, 1.165) is 37.9 Å². The molecule has 0 spiro atoms. The number of amides is 1. The van der Waals surface area contributed by atoms with Crippen LogP contribution in [0.4, 0.5) is 0 Å². The molecule has 18 heavy (non-hydrogen) atoms. The average molecular weight is 249 g/mol. The molecule has 4 heteroatoms. The van der Waals surface area contributed by atoms with Gasteiger partial charge in [0.25, 0.3) is 0 Å². The van der Waals surface area contributed by atoms with Gasteiger partial charge in [-0.25, -0.2) is 0 Å². The maximum atomic E-state index is 11.7. The Morgan fingerprint density at radius 3 is 2.78 bits per heavy atom. The lowest BCUT2D eigenvalue weighted by Gasteiger charge is -2.13. The molecule has 0 unspecified atom stereocenters. The summed E-state index contributed by atoms with van der Waals surface area (Å²) in [6.07, 6.45) is 6.49. The summed E-state index contributed by atoms with van der Waals surface area (Å²) in [5.41, 5.74) is 6.31. The van der Waals surface area contributed by atoms with Crippen LogP contribution in [0.2, 0.25) is 0 Å². The number of nitrogens with zero attached hydrogens (tertiary/aromatic N) is 1. The molecule has 0 saturated heterocycles. The molecule has 0 bridgehead atoms. The molecule has 0 fully saturated rings. The highest BCUT2D eigenvalue weighted by atomic mass is 16.1. The molecule has 0 saturated carbocycles. The molecule has 0 aromatic carbocycles. The normalized spacial score (nSPS) is 12.1. The smallest absolute Gasteiger partial charge is 0.220 e. The fraction of sp³-hybridized carbons (Fsp3) is 0.571. The van der Waals surface area contributed by atoms with Crippen LogP contribution in [-0.2, 0) is 4.79 Å². The van der Waals surface area contributed by atoms with E-state index in [1.807, 2.05) is 25.1 Å². The molecule has 1 amide bonds. The van der Waals surface area contributed by atoms with Gasteiger partial charge in [-0.2, -0.15) is 0 Å². The Bertz CT molecular complexity index is 340. The monoisotopic (exact) mass is 249 g/mol. The highest BCUT2D eigenvalue weighted by molar-refractivity contribution is 5.76. The van der Waals surface area contributed by atoms with Gasteiger partial charge in [0.05, 0.1) is 11.7 Å². The highest BCUT2D eigenvalue weighted by Gasteiger charge is 2.09. The first-order valence-electron chi connectivity index (χ1n) is 6.64. The topological polar surface area (TPSA) is 68.0 Å². The van der Waals surface area contributed by atoms with Crippen molar-refractivity contribution in [3.05, 3.63) is 30.1 Å². The Kier molecular flexibility index (Phi) is 7.03. The Labute approximate surface area is 109 Å². The van der Waals surface area contributed by atoms with Gasteiger partial charge in [0.1, 0.15) is 0 Å². The summed E-state index contributed by atoms with van der Waals surface area (Å²) in [6.45, 7) is 2.69. The predicted molar refractivity (Wildman–Crippen MR) is 72.9 cm³/mol. The Hall–Kier alpha value is -1.42. The minimum atomic E-state index is -0.0252. The van der Waals surface area contributed by atoms with Crippen LogP contribution in [0.25, 0.3) is 0 Å². The van der Waals surface area contributed by atoms with E-state index in [0.29, 0.717) is 6.42 Å². The van der Waals surface area contributed by atoms with Gasteiger partial charge < -0.3 is 11.1 Å². The lowest BCUT2D eigenvalue weighted by molar-refractivity contribution is -0.121. The first-order chi connectivity index (χ1) is 8.74. The minimum absolute atomic E-state index is 0.0252. The lowest BCUT2D eigenvalue weighted by Crippen LogP contribution is -2.26. The van der Waals surface area contributed by atoms with Crippen LogP contribution in [0.5, 0.6) is 0 Å². The molecule has 3 N–H and O–H groups in total. The maximum Gasteiger partial charge on any atom is 0.220 e. The molecule has 1 aromatic heterocycles. The first-order valence-corrected chi connectivity index (χ1v) is 6.64. The number of unbranched alkanes of at least 4 members (excludes halogenated alkanes) is 3. The number of hydrogen-bond acceptors (Lipinski definition) is 3. The minimum Gasteiger partial charge on any atom is -0.348 e. The third-order valence-electron chi connectivity index (χ3n) is 2.87. The largest absolute Gasteiger partial charge is 0.348 e. The van der Waals surface area contributed by atoms with Gasteiger partial charge in [0.15, 0.2) is 0 Å². The standard InChI is InChI=1S/C14H23N3O/c1-12(13-8-5-7-11-16-13)17-14(18)9-4-2-3-6-10-15/h5,7-8,11-12H,2-4,6,9-10,15H2,1H3,(H,17,18)/t12-/m1/s1. The van der Waals surface area contributed by atoms with E-state index >= 15 is 0 Å². The third kappa shape index (κ3) is 5.77. The second-order valence-electron chi connectivity index (χ2n) is 4.50. The SMILES string of the molecule is C[C@@H](NC(=O)CCCCCCN)c1ccccn1. The zero-order valence-electron chi connectivity index (χ0n) is 11.1. The molecular formula is C14H23N3O.